The van der Waals surface area contributed by atoms with Gasteiger partial charge in [-0.15, -0.1) is 0 Å². The van der Waals surface area contributed by atoms with Gasteiger partial charge in [-0.05, 0) is 12.1 Å². The van der Waals surface area contributed by atoms with E-state index in [4.69, 9.17) is 0 Å². The molecule has 0 unspecified atom stereocenters. The highest BCUT2D eigenvalue weighted by Gasteiger charge is 2.05. The maximum absolute atomic E-state index is 10.3. The van der Waals surface area contributed by atoms with Gasteiger partial charge >= 0.3 is 0 Å². The summed E-state index contributed by atoms with van der Waals surface area (Å²) < 4.78 is 1.88. The average Bonchev–Trinajstić information content (AvgIpc) is 2.19. The zero-order valence-electron chi connectivity index (χ0n) is 7.10. The lowest BCUT2D eigenvalue weighted by molar-refractivity contribution is -0.655. The summed E-state index contributed by atoms with van der Waals surface area (Å²) >= 11 is 0. The standard InChI is InChI=1S/C11H9NO/c13-9-8-12-7-3-5-10-4-1-2-6-11(10)12/h1-7H,8H2/q+1. The molecule has 0 saturated carbocycles. The fourth-order valence-corrected chi connectivity index (χ4v) is 1.43. The fourth-order valence-electron chi connectivity index (χ4n) is 1.43. The van der Waals surface area contributed by atoms with E-state index in [-0.39, 0.29) is 0 Å². The van der Waals surface area contributed by atoms with Gasteiger partial charge in [0.25, 0.3) is 6.29 Å². The minimum atomic E-state index is 0.293. The lowest BCUT2D eigenvalue weighted by Gasteiger charge is -1.95. The first kappa shape index (κ1) is 7.92. The number of nitrogens with zero attached hydrogens (tertiary/aromatic N) is 1. The molecule has 1 aromatic carbocycles. The van der Waals surface area contributed by atoms with Crippen molar-refractivity contribution in [1.29, 1.82) is 0 Å². The quantitative estimate of drug-likeness (QED) is 0.623. The average molecular weight is 171 g/mol. The van der Waals surface area contributed by atoms with E-state index in [1.165, 1.54) is 0 Å². The molecule has 0 spiro atoms. The highest BCUT2D eigenvalue weighted by atomic mass is 16.1. The van der Waals surface area contributed by atoms with Crippen LogP contribution >= 0.6 is 0 Å². The molecule has 0 aliphatic rings. The Bertz CT molecular complexity index is 432. The van der Waals surface area contributed by atoms with Gasteiger partial charge in [0.2, 0.25) is 12.1 Å². The number of para-hydroxylation sites is 1. The molecule has 0 aliphatic heterocycles. The molecule has 2 rings (SSSR count). The first-order chi connectivity index (χ1) is 6.42. The molecule has 0 fully saturated rings. The van der Waals surface area contributed by atoms with Crippen LogP contribution in [0.5, 0.6) is 0 Å². The molecule has 0 bridgehead atoms. The molecule has 13 heavy (non-hydrogen) atoms. The SMILES string of the molecule is O=[C]C[n+]1cccc2ccccc21. The highest BCUT2D eigenvalue weighted by Crippen LogP contribution is 2.07. The van der Waals surface area contributed by atoms with E-state index in [1.54, 1.807) is 0 Å². The number of fused-ring (bicyclic) bond motifs is 1. The molecule has 1 radical (unpaired) electrons. The lowest BCUT2D eigenvalue weighted by Crippen LogP contribution is -2.34. The number of rotatable bonds is 2. The largest absolute Gasteiger partial charge is 0.283 e. The summed E-state index contributed by atoms with van der Waals surface area (Å²) in [5.74, 6) is 0. The summed E-state index contributed by atoms with van der Waals surface area (Å²) in [6.07, 6.45) is 3.77. The van der Waals surface area contributed by atoms with Gasteiger partial charge in [0.05, 0.1) is 0 Å². The fraction of sp³-hybridized carbons (Fsp3) is 0.0909. The summed E-state index contributed by atoms with van der Waals surface area (Å²) in [5, 5.41) is 1.14. The summed E-state index contributed by atoms with van der Waals surface area (Å²) in [6.45, 7) is 0.293. The van der Waals surface area contributed by atoms with Crippen LogP contribution in [0.3, 0.4) is 0 Å². The van der Waals surface area contributed by atoms with E-state index in [1.807, 2.05) is 53.4 Å². The van der Waals surface area contributed by atoms with Crippen LogP contribution in [-0.4, -0.2) is 6.29 Å². The van der Waals surface area contributed by atoms with Crippen LogP contribution in [-0.2, 0) is 11.3 Å². The molecule has 0 N–H and O–H groups in total. The monoisotopic (exact) mass is 171 g/mol. The van der Waals surface area contributed by atoms with Crippen molar-refractivity contribution in [1.82, 2.24) is 0 Å². The molecule has 2 aromatic rings. The third-order valence-corrected chi connectivity index (χ3v) is 2.02. The van der Waals surface area contributed by atoms with Crippen LogP contribution in [0.15, 0.2) is 42.6 Å². The lowest BCUT2D eigenvalue weighted by atomic mass is 10.2. The molecule has 2 heteroatoms. The summed E-state index contributed by atoms with van der Waals surface area (Å²) in [4.78, 5) is 10.3. The van der Waals surface area contributed by atoms with Crippen molar-refractivity contribution in [2.24, 2.45) is 0 Å². The van der Waals surface area contributed by atoms with Crippen molar-refractivity contribution in [2.75, 3.05) is 0 Å². The van der Waals surface area contributed by atoms with E-state index in [9.17, 15) is 4.79 Å². The highest BCUT2D eigenvalue weighted by molar-refractivity contribution is 5.75. The van der Waals surface area contributed by atoms with Gasteiger partial charge in [-0.1, -0.05) is 12.1 Å². The minimum Gasteiger partial charge on any atom is -0.283 e. The van der Waals surface area contributed by atoms with E-state index in [2.05, 4.69) is 0 Å². The maximum atomic E-state index is 10.3. The molecule has 0 atom stereocenters. The van der Waals surface area contributed by atoms with Crippen LogP contribution < -0.4 is 4.57 Å². The molecular weight excluding hydrogens is 162 g/mol. The Balaban J connectivity index is 2.68. The number of aromatic nitrogens is 1. The Morgan fingerprint density at radius 2 is 1.92 bits per heavy atom. The van der Waals surface area contributed by atoms with Crippen LogP contribution in [0.4, 0.5) is 0 Å². The van der Waals surface area contributed by atoms with Crippen molar-refractivity contribution in [3.05, 3.63) is 42.6 Å². The van der Waals surface area contributed by atoms with Crippen molar-refractivity contribution < 1.29 is 9.36 Å². The van der Waals surface area contributed by atoms with Crippen molar-refractivity contribution in [2.45, 2.75) is 6.54 Å². The molecule has 0 aliphatic carbocycles. The molecule has 0 saturated heterocycles. The second-order valence-electron chi connectivity index (χ2n) is 2.84. The maximum Gasteiger partial charge on any atom is 0.269 e. The molecule has 1 heterocycles. The van der Waals surface area contributed by atoms with Gasteiger partial charge in [-0.25, -0.2) is 0 Å². The van der Waals surface area contributed by atoms with Gasteiger partial charge in [-0.2, -0.15) is 4.57 Å². The van der Waals surface area contributed by atoms with Crippen LogP contribution in [0, 0.1) is 0 Å². The summed E-state index contributed by atoms with van der Waals surface area (Å²) in [5.41, 5.74) is 1.06. The van der Waals surface area contributed by atoms with E-state index in [0.29, 0.717) is 6.54 Å². The molecule has 2 nitrogen and oxygen atoms in total. The number of hydrogen-bond donors (Lipinski definition) is 0. The predicted octanol–water partition coefficient (Wildman–Crippen LogP) is 1.24. The number of hydrogen-bond acceptors (Lipinski definition) is 1. The van der Waals surface area contributed by atoms with Crippen molar-refractivity contribution >= 4 is 17.2 Å². The predicted molar refractivity (Wildman–Crippen MR) is 49.8 cm³/mol. The second kappa shape index (κ2) is 3.35. The van der Waals surface area contributed by atoms with E-state index in [0.717, 1.165) is 10.9 Å². The summed E-state index contributed by atoms with van der Waals surface area (Å²) in [7, 11) is 0. The Morgan fingerprint density at radius 1 is 1.15 bits per heavy atom. The normalized spacial score (nSPS) is 10.2. The van der Waals surface area contributed by atoms with Gasteiger partial charge in [0.15, 0.2) is 6.20 Å². The van der Waals surface area contributed by atoms with Crippen LogP contribution in [0.1, 0.15) is 0 Å². The van der Waals surface area contributed by atoms with Crippen molar-refractivity contribution in [3.8, 4) is 0 Å². The van der Waals surface area contributed by atoms with Gasteiger partial charge < -0.3 is 0 Å². The zero-order chi connectivity index (χ0) is 9.10. The zero-order valence-corrected chi connectivity index (χ0v) is 7.10. The Morgan fingerprint density at radius 3 is 2.77 bits per heavy atom. The smallest absolute Gasteiger partial charge is 0.269 e. The van der Waals surface area contributed by atoms with Gasteiger partial charge in [-0.3, -0.25) is 4.79 Å². The van der Waals surface area contributed by atoms with Crippen LogP contribution in [0.25, 0.3) is 10.9 Å². The molecular formula is C11H9NO+. The van der Waals surface area contributed by atoms with Crippen molar-refractivity contribution in [3.63, 3.8) is 0 Å². The molecule has 0 amide bonds. The first-order valence-electron chi connectivity index (χ1n) is 4.14. The Kier molecular flexibility index (Phi) is 2.04. The van der Waals surface area contributed by atoms with Gasteiger partial charge in [0, 0.05) is 17.5 Å². The Labute approximate surface area is 76.4 Å². The third-order valence-electron chi connectivity index (χ3n) is 2.02. The summed E-state index contributed by atoms with van der Waals surface area (Å²) in [6, 6.07) is 11.9. The van der Waals surface area contributed by atoms with Crippen LogP contribution in [0.2, 0.25) is 0 Å². The first-order valence-corrected chi connectivity index (χ1v) is 4.14. The minimum absolute atomic E-state index is 0.293. The topological polar surface area (TPSA) is 20.9 Å². The Hall–Kier alpha value is -1.70. The molecule has 1 aromatic heterocycles. The van der Waals surface area contributed by atoms with E-state index >= 15 is 0 Å². The second-order valence-corrected chi connectivity index (χ2v) is 2.84. The number of pyridine rings is 1. The molecule has 63 valence electrons. The van der Waals surface area contributed by atoms with Gasteiger partial charge in [0.1, 0.15) is 0 Å². The van der Waals surface area contributed by atoms with E-state index < -0.39 is 0 Å². The number of benzene rings is 1. The number of carbonyl (C=O) groups excluding carboxylic acids is 1. The third kappa shape index (κ3) is 1.43.